The summed E-state index contributed by atoms with van der Waals surface area (Å²) in [7, 11) is -5.95. The van der Waals surface area contributed by atoms with Crippen molar-refractivity contribution in [2.24, 2.45) is 5.10 Å². The van der Waals surface area contributed by atoms with Crippen LogP contribution in [0.5, 0.6) is 5.75 Å². The van der Waals surface area contributed by atoms with Crippen molar-refractivity contribution in [1.82, 2.24) is 4.41 Å². The van der Waals surface area contributed by atoms with Crippen LogP contribution in [0.3, 0.4) is 0 Å². The van der Waals surface area contributed by atoms with Crippen LogP contribution < -0.4 is 9.46 Å². The van der Waals surface area contributed by atoms with Crippen LogP contribution in [0.25, 0.3) is 0 Å². The van der Waals surface area contributed by atoms with E-state index in [1.807, 2.05) is 6.07 Å². The molecule has 3 aromatic carbocycles. The highest BCUT2D eigenvalue weighted by Crippen LogP contribution is 2.38. The van der Waals surface area contributed by atoms with E-state index in [9.17, 15) is 16.8 Å². The number of nitrogens with one attached hydrogen (secondary N) is 1. The number of nitrogens with zero attached hydrogens (tertiary/aromatic N) is 2. The molecule has 1 heterocycles. The maximum absolute atomic E-state index is 13.6. The predicted molar refractivity (Wildman–Crippen MR) is 137 cm³/mol. The van der Waals surface area contributed by atoms with Gasteiger partial charge in [0.05, 0.1) is 29.5 Å². The molecule has 1 N–H and O–H groups in total. The van der Waals surface area contributed by atoms with Crippen molar-refractivity contribution in [2.75, 3.05) is 17.6 Å². The highest BCUT2D eigenvalue weighted by molar-refractivity contribution is 7.92. The van der Waals surface area contributed by atoms with Crippen LogP contribution in [0.15, 0.2) is 82.8 Å². The van der Waals surface area contributed by atoms with E-state index in [0.717, 1.165) is 4.41 Å². The number of halogens is 1. The molecule has 1 atom stereocenters. The van der Waals surface area contributed by atoms with Gasteiger partial charge >= 0.3 is 0 Å². The Hall–Kier alpha value is -3.08. The fourth-order valence-corrected chi connectivity index (χ4v) is 5.90. The molecule has 4 rings (SSSR count). The minimum atomic E-state index is -4.02. The number of sulfonamides is 2. The summed E-state index contributed by atoms with van der Waals surface area (Å²) in [4.78, 5) is 0.0595. The third-order valence-corrected chi connectivity index (χ3v) is 8.81. The maximum Gasteiger partial charge on any atom is 0.279 e. The summed E-state index contributed by atoms with van der Waals surface area (Å²) in [5.74, 6) is 0.527. The van der Waals surface area contributed by atoms with Gasteiger partial charge in [0, 0.05) is 17.1 Å². The molecule has 8 nitrogen and oxygen atoms in total. The molecular weight excluding hydrogens is 510 g/mol. The first kappa shape index (κ1) is 25.0. The molecule has 0 fully saturated rings. The molecule has 1 aliphatic rings. The van der Waals surface area contributed by atoms with Crippen LogP contribution in [0.2, 0.25) is 5.02 Å². The molecule has 0 bridgehead atoms. The van der Waals surface area contributed by atoms with Crippen LogP contribution >= 0.6 is 11.6 Å². The first-order valence-electron chi connectivity index (χ1n) is 10.8. The van der Waals surface area contributed by atoms with Crippen molar-refractivity contribution >= 4 is 43.0 Å². The molecule has 184 valence electrons. The van der Waals surface area contributed by atoms with Gasteiger partial charge in [0.25, 0.3) is 10.0 Å². The van der Waals surface area contributed by atoms with Gasteiger partial charge in [-0.15, -0.1) is 0 Å². The molecule has 0 radical (unpaired) electrons. The van der Waals surface area contributed by atoms with Crippen LogP contribution in [0.4, 0.5) is 5.69 Å². The van der Waals surface area contributed by atoms with Gasteiger partial charge in [-0.25, -0.2) is 8.42 Å². The average molecular weight is 534 g/mol. The quantitative estimate of drug-likeness (QED) is 0.453. The van der Waals surface area contributed by atoms with Gasteiger partial charge in [-0.05, 0) is 66.6 Å². The highest BCUT2D eigenvalue weighted by Gasteiger charge is 2.38. The molecule has 0 saturated heterocycles. The smallest absolute Gasteiger partial charge is 0.279 e. The largest absolute Gasteiger partial charge is 0.497 e. The van der Waals surface area contributed by atoms with E-state index in [-0.39, 0.29) is 17.1 Å². The summed E-state index contributed by atoms with van der Waals surface area (Å²) in [6.07, 6.45) is 0.282. The normalized spacial score (nSPS) is 16.1. The predicted octanol–water partition coefficient (Wildman–Crippen LogP) is 4.65. The first-order chi connectivity index (χ1) is 16.6. The lowest BCUT2D eigenvalue weighted by molar-refractivity contribution is 0.368. The summed E-state index contributed by atoms with van der Waals surface area (Å²) in [5, 5.41) is 4.93. The zero-order valence-electron chi connectivity index (χ0n) is 19.0. The SMILES string of the molecule is CCS(=O)(=O)Nc1cccc(C2=NN(S(=O)(=O)c3ccc(Cl)cc3)C(c3cccc(OC)c3)C2)c1. The molecule has 1 aliphatic heterocycles. The van der Waals surface area contributed by atoms with Crippen LogP contribution in [-0.4, -0.2) is 39.8 Å². The zero-order chi connectivity index (χ0) is 25.2. The number of methoxy groups -OCH3 is 1. The number of ether oxygens (including phenoxy) is 1. The monoisotopic (exact) mass is 533 g/mol. The molecule has 0 saturated carbocycles. The summed E-state index contributed by atoms with van der Waals surface area (Å²) >= 11 is 5.96. The third-order valence-electron chi connectivity index (χ3n) is 5.56. The second-order valence-corrected chi connectivity index (χ2v) is 12.1. The minimum Gasteiger partial charge on any atom is -0.497 e. The summed E-state index contributed by atoms with van der Waals surface area (Å²) in [6.45, 7) is 1.55. The second-order valence-electron chi connectivity index (χ2n) is 7.86. The Morgan fingerprint density at radius 1 is 1.03 bits per heavy atom. The Balaban J connectivity index is 1.78. The van der Waals surface area contributed by atoms with Crippen molar-refractivity contribution in [1.29, 1.82) is 0 Å². The Bertz CT molecular complexity index is 1470. The van der Waals surface area contributed by atoms with E-state index in [1.54, 1.807) is 56.5 Å². The lowest BCUT2D eigenvalue weighted by Gasteiger charge is -2.23. The zero-order valence-corrected chi connectivity index (χ0v) is 21.4. The Kier molecular flexibility index (Phi) is 7.07. The van der Waals surface area contributed by atoms with E-state index in [2.05, 4.69) is 9.82 Å². The molecule has 0 aromatic heterocycles. The lowest BCUT2D eigenvalue weighted by Crippen LogP contribution is -2.27. The van der Waals surface area contributed by atoms with E-state index >= 15 is 0 Å². The number of hydrogen-bond donors (Lipinski definition) is 1. The van der Waals surface area contributed by atoms with Gasteiger partial charge in [-0.2, -0.15) is 17.9 Å². The maximum atomic E-state index is 13.6. The first-order valence-corrected chi connectivity index (χ1v) is 14.2. The number of hydrogen-bond acceptors (Lipinski definition) is 6. The molecule has 11 heteroatoms. The van der Waals surface area contributed by atoms with Crippen molar-refractivity contribution in [3.8, 4) is 5.75 Å². The molecule has 0 amide bonds. The molecule has 3 aromatic rings. The van der Waals surface area contributed by atoms with Crippen molar-refractivity contribution in [3.63, 3.8) is 0 Å². The van der Waals surface area contributed by atoms with Gasteiger partial charge in [0.2, 0.25) is 10.0 Å². The van der Waals surface area contributed by atoms with Gasteiger partial charge in [-0.3, -0.25) is 4.72 Å². The number of anilines is 1. The van der Waals surface area contributed by atoms with E-state index in [4.69, 9.17) is 16.3 Å². The van der Waals surface area contributed by atoms with Gasteiger partial charge in [0.15, 0.2) is 0 Å². The summed E-state index contributed by atoms with van der Waals surface area (Å²) in [5.41, 5.74) is 2.21. The molecular formula is C24H24ClN3O5S2. The average Bonchev–Trinajstić information content (AvgIpc) is 3.31. The Morgan fingerprint density at radius 3 is 2.43 bits per heavy atom. The van der Waals surface area contributed by atoms with Crippen molar-refractivity contribution in [3.05, 3.63) is 88.9 Å². The number of hydrazone groups is 1. The van der Waals surface area contributed by atoms with Gasteiger partial charge < -0.3 is 4.74 Å². The van der Waals surface area contributed by atoms with Crippen LogP contribution in [-0.2, 0) is 20.0 Å². The standard InChI is InChI=1S/C24H24ClN3O5S2/c1-3-34(29,30)27-20-8-4-6-17(14-20)23-16-24(18-7-5-9-21(15-18)33-2)28(26-23)35(31,32)22-12-10-19(25)11-13-22/h4-15,24,27H,3,16H2,1-2H3. The molecule has 0 spiro atoms. The molecule has 1 unspecified atom stereocenters. The summed E-state index contributed by atoms with van der Waals surface area (Å²) < 4.78 is 60.2. The van der Waals surface area contributed by atoms with E-state index in [1.165, 1.54) is 24.3 Å². The molecule has 0 aliphatic carbocycles. The number of benzene rings is 3. The van der Waals surface area contributed by atoms with E-state index in [0.29, 0.717) is 33.3 Å². The van der Waals surface area contributed by atoms with Gasteiger partial charge in [0.1, 0.15) is 5.75 Å². The Labute approximate surface area is 210 Å². The summed E-state index contributed by atoms with van der Waals surface area (Å²) in [6, 6.07) is 19.2. The minimum absolute atomic E-state index is 0.0595. The fourth-order valence-electron chi connectivity index (χ4n) is 3.71. The van der Waals surface area contributed by atoms with E-state index < -0.39 is 26.1 Å². The molecule has 35 heavy (non-hydrogen) atoms. The second kappa shape index (κ2) is 9.88. The van der Waals surface area contributed by atoms with Crippen molar-refractivity contribution in [2.45, 2.75) is 24.3 Å². The van der Waals surface area contributed by atoms with Crippen LogP contribution in [0, 0.1) is 0 Å². The fraction of sp³-hybridized carbons (Fsp3) is 0.208. The Morgan fingerprint density at radius 2 is 1.74 bits per heavy atom. The third kappa shape index (κ3) is 5.44. The lowest BCUT2D eigenvalue weighted by atomic mass is 9.99. The van der Waals surface area contributed by atoms with Crippen molar-refractivity contribution < 1.29 is 21.6 Å². The topological polar surface area (TPSA) is 105 Å². The number of rotatable bonds is 8. The highest BCUT2D eigenvalue weighted by atomic mass is 35.5. The van der Waals surface area contributed by atoms with Crippen LogP contribution in [0.1, 0.15) is 30.5 Å². The van der Waals surface area contributed by atoms with Gasteiger partial charge in [-0.1, -0.05) is 35.9 Å².